The Morgan fingerprint density at radius 1 is 1.30 bits per heavy atom. The number of benzene rings is 1. The number of para-hydroxylation sites is 1. The average Bonchev–Trinajstić information content (AvgIpc) is 3.27. The van der Waals surface area contributed by atoms with Gasteiger partial charge in [-0.25, -0.2) is 22.9 Å². The summed E-state index contributed by atoms with van der Waals surface area (Å²) in [4.78, 5) is 16.6. The molecule has 0 fully saturated rings. The van der Waals surface area contributed by atoms with Crippen LogP contribution in [0.2, 0.25) is 0 Å². The topological polar surface area (TPSA) is 102 Å². The smallest absolute Gasteiger partial charge is 0.355 e. The third-order valence-electron chi connectivity index (χ3n) is 3.70. The van der Waals surface area contributed by atoms with Crippen LogP contribution in [0.5, 0.6) is 0 Å². The number of thiazole rings is 1. The van der Waals surface area contributed by atoms with Crippen LogP contribution in [-0.2, 0) is 28.4 Å². The summed E-state index contributed by atoms with van der Waals surface area (Å²) in [6.07, 6.45) is 1.35. The van der Waals surface area contributed by atoms with E-state index in [-0.39, 0.29) is 17.2 Å². The molecule has 0 radical (unpaired) electrons. The third kappa shape index (κ3) is 4.54. The number of anilines is 2. The van der Waals surface area contributed by atoms with Gasteiger partial charge in [0.2, 0.25) is 10.0 Å². The first-order valence-corrected chi connectivity index (χ1v) is 10.3. The van der Waals surface area contributed by atoms with Crippen molar-refractivity contribution < 1.29 is 17.9 Å². The second-order valence-corrected chi connectivity index (χ2v) is 8.34. The van der Waals surface area contributed by atoms with Crippen molar-refractivity contribution in [1.29, 1.82) is 0 Å². The number of esters is 1. The molecular formula is C17H18N4O4S2. The number of carbonyl (C=O) groups excluding carboxylic acids is 1. The summed E-state index contributed by atoms with van der Waals surface area (Å²) in [5.41, 5.74) is 1.66. The van der Waals surface area contributed by atoms with E-state index in [2.05, 4.69) is 15.0 Å². The summed E-state index contributed by atoms with van der Waals surface area (Å²) in [6, 6.07) is 10.9. The standard InChI is InChI=1S/C17H18N4O4S2/c1-18-27(23,24)14-8-15(21(2)9-14)16(22)25-10-13-11-26-17(20-13)19-12-6-4-3-5-7-12/h3-9,11,18H,10H2,1-2H3,(H,19,20). The lowest BCUT2D eigenvalue weighted by Gasteiger charge is -2.04. The molecule has 27 heavy (non-hydrogen) atoms. The average molecular weight is 406 g/mol. The molecule has 0 saturated heterocycles. The molecule has 0 unspecified atom stereocenters. The fourth-order valence-corrected chi connectivity index (χ4v) is 3.81. The zero-order chi connectivity index (χ0) is 19.4. The van der Waals surface area contributed by atoms with Crippen LogP contribution in [0.15, 0.2) is 52.9 Å². The fourth-order valence-electron chi connectivity index (χ4n) is 2.29. The zero-order valence-corrected chi connectivity index (χ0v) is 16.3. The molecule has 8 nitrogen and oxygen atoms in total. The maximum atomic E-state index is 12.3. The fraction of sp³-hybridized carbons (Fsp3) is 0.176. The Bertz CT molecular complexity index is 1040. The third-order valence-corrected chi connectivity index (χ3v) is 5.88. The molecule has 0 amide bonds. The maximum Gasteiger partial charge on any atom is 0.355 e. The highest BCUT2D eigenvalue weighted by Crippen LogP contribution is 2.21. The van der Waals surface area contributed by atoms with Gasteiger partial charge in [-0.05, 0) is 25.2 Å². The lowest BCUT2D eigenvalue weighted by molar-refractivity contribution is 0.0457. The van der Waals surface area contributed by atoms with E-state index in [1.807, 2.05) is 30.3 Å². The Kier molecular flexibility index (Phi) is 5.59. The molecule has 2 heterocycles. The predicted octanol–water partition coefficient (Wildman–Crippen LogP) is 2.49. The van der Waals surface area contributed by atoms with Crippen molar-refractivity contribution in [2.45, 2.75) is 11.5 Å². The Labute approximate surface area is 160 Å². The Morgan fingerprint density at radius 3 is 2.74 bits per heavy atom. The first kappa shape index (κ1) is 19.1. The molecular weight excluding hydrogens is 388 g/mol. The molecule has 0 aliphatic heterocycles. The van der Waals surface area contributed by atoms with E-state index in [0.717, 1.165) is 5.69 Å². The number of carbonyl (C=O) groups is 1. The number of hydrogen-bond donors (Lipinski definition) is 2. The van der Waals surface area contributed by atoms with Crippen LogP contribution >= 0.6 is 11.3 Å². The van der Waals surface area contributed by atoms with Gasteiger partial charge in [0.1, 0.15) is 17.2 Å². The summed E-state index contributed by atoms with van der Waals surface area (Å²) >= 11 is 1.40. The van der Waals surface area contributed by atoms with Gasteiger partial charge in [-0.2, -0.15) is 0 Å². The SMILES string of the molecule is CNS(=O)(=O)c1cc(C(=O)OCc2csc(Nc3ccccc3)n2)n(C)c1. The molecule has 0 saturated carbocycles. The van der Waals surface area contributed by atoms with E-state index in [9.17, 15) is 13.2 Å². The minimum Gasteiger partial charge on any atom is -0.454 e. The van der Waals surface area contributed by atoms with Crippen molar-refractivity contribution in [3.63, 3.8) is 0 Å². The normalized spacial score (nSPS) is 11.3. The van der Waals surface area contributed by atoms with Gasteiger partial charge in [-0.3, -0.25) is 0 Å². The molecule has 3 aromatic rings. The van der Waals surface area contributed by atoms with Gasteiger partial charge in [0, 0.05) is 24.3 Å². The number of aryl methyl sites for hydroxylation is 1. The monoisotopic (exact) mass is 406 g/mol. The van der Waals surface area contributed by atoms with Crippen molar-refractivity contribution in [3.05, 3.63) is 59.4 Å². The summed E-state index contributed by atoms with van der Waals surface area (Å²) in [6.45, 7) is -0.00884. The van der Waals surface area contributed by atoms with E-state index in [1.165, 1.54) is 35.2 Å². The minimum atomic E-state index is -3.62. The van der Waals surface area contributed by atoms with Crippen molar-refractivity contribution in [3.8, 4) is 0 Å². The summed E-state index contributed by atoms with van der Waals surface area (Å²) in [5.74, 6) is -0.624. The van der Waals surface area contributed by atoms with Gasteiger partial charge in [0.05, 0.1) is 5.69 Å². The molecule has 2 aromatic heterocycles. The molecule has 10 heteroatoms. The van der Waals surface area contributed by atoms with E-state index in [0.29, 0.717) is 10.8 Å². The van der Waals surface area contributed by atoms with Gasteiger partial charge in [-0.1, -0.05) is 18.2 Å². The first-order valence-electron chi connectivity index (χ1n) is 7.92. The number of hydrogen-bond acceptors (Lipinski definition) is 7. The van der Waals surface area contributed by atoms with Gasteiger partial charge in [0.15, 0.2) is 5.13 Å². The van der Waals surface area contributed by atoms with Gasteiger partial charge in [-0.15, -0.1) is 11.3 Å². The Morgan fingerprint density at radius 2 is 2.04 bits per heavy atom. The number of ether oxygens (including phenoxy) is 1. The van der Waals surface area contributed by atoms with Crippen molar-refractivity contribution >= 4 is 38.1 Å². The predicted molar refractivity (Wildman–Crippen MR) is 103 cm³/mol. The van der Waals surface area contributed by atoms with Crippen LogP contribution in [0.3, 0.4) is 0 Å². The Balaban J connectivity index is 1.63. The van der Waals surface area contributed by atoms with E-state index in [4.69, 9.17) is 4.74 Å². The second kappa shape index (κ2) is 7.91. The highest BCUT2D eigenvalue weighted by molar-refractivity contribution is 7.89. The highest BCUT2D eigenvalue weighted by atomic mass is 32.2. The summed E-state index contributed by atoms with van der Waals surface area (Å²) < 4.78 is 32.5. The molecule has 0 aliphatic rings. The molecule has 142 valence electrons. The van der Waals surface area contributed by atoms with Crippen LogP contribution < -0.4 is 10.0 Å². The lowest BCUT2D eigenvalue weighted by Crippen LogP contribution is -2.17. The number of nitrogens with zero attached hydrogens (tertiary/aromatic N) is 2. The van der Waals surface area contributed by atoms with Gasteiger partial charge in [0.25, 0.3) is 0 Å². The first-order chi connectivity index (χ1) is 12.9. The molecule has 1 aromatic carbocycles. The van der Waals surface area contributed by atoms with Crippen molar-refractivity contribution in [2.75, 3.05) is 12.4 Å². The lowest BCUT2D eigenvalue weighted by atomic mass is 10.3. The molecule has 0 aliphatic carbocycles. The molecule has 2 N–H and O–H groups in total. The van der Waals surface area contributed by atoms with E-state index < -0.39 is 16.0 Å². The van der Waals surface area contributed by atoms with Crippen LogP contribution in [0.4, 0.5) is 10.8 Å². The van der Waals surface area contributed by atoms with Crippen molar-refractivity contribution in [2.24, 2.45) is 7.05 Å². The van der Waals surface area contributed by atoms with Crippen LogP contribution in [0, 0.1) is 0 Å². The van der Waals surface area contributed by atoms with Crippen molar-refractivity contribution in [1.82, 2.24) is 14.3 Å². The summed E-state index contributed by atoms with van der Waals surface area (Å²) in [7, 11) is -0.736. The molecule has 0 spiro atoms. The zero-order valence-electron chi connectivity index (χ0n) is 14.7. The largest absolute Gasteiger partial charge is 0.454 e. The van der Waals surface area contributed by atoms with Crippen LogP contribution in [0.1, 0.15) is 16.2 Å². The van der Waals surface area contributed by atoms with E-state index >= 15 is 0 Å². The minimum absolute atomic E-state index is 0.00227. The quantitative estimate of drug-likeness (QED) is 0.585. The number of rotatable bonds is 7. The van der Waals surface area contributed by atoms with Gasteiger partial charge >= 0.3 is 5.97 Å². The molecule has 0 bridgehead atoms. The Hall–Kier alpha value is -2.69. The van der Waals surface area contributed by atoms with Gasteiger partial charge < -0.3 is 14.6 Å². The molecule has 3 rings (SSSR count). The van der Waals surface area contributed by atoms with Crippen LogP contribution in [0.25, 0.3) is 0 Å². The number of nitrogens with one attached hydrogen (secondary N) is 2. The summed E-state index contributed by atoms with van der Waals surface area (Å²) in [5, 5.41) is 5.65. The number of aromatic nitrogens is 2. The maximum absolute atomic E-state index is 12.3. The highest BCUT2D eigenvalue weighted by Gasteiger charge is 2.20. The van der Waals surface area contributed by atoms with E-state index in [1.54, 1.807) is 12.4 Å². The van der Waals surface area contributed by atoms with Crippen LogP contribution in [-0.4, -0.2) is 31.0 Å². The second-order valence-electron chi connectivity index (χ2n) is 5.59. The molecule has 0 atom stereocenters. The number of sulfonamides is 1.